The van der Waals surface area contributed by atoms with Crippen molar-refractivity contribution in [2.75, 3.05) is 19.6 Å². The Hall–Kier alpha value is -1.05. The van der Waals surface area contributed by atoms with Crippen molar-refractivity contribution >= 4 is 5.91 Å². The molecule has 2 N–H and O–H groups in total. The van der Waals surface area contributed by atoms with Gasteiger partial charge in [0.1, 0.15) is 5.54 Å². The second-order valence-electron chi connectivity index (χ2n) is 5.57. The summed E-state index contributed by atoms with van der Waals surface area (Å²) in [6, 6.07) is 0.809. The summed E-state index contributed by atoms with van der Waals surface area (Å²) >= 11 is 0. The van der Waals surface area contributed by atoms with E-state index in [2.05, 4.69) is 35.3 Å². The summed E-state index contributed by atoms with van der Waals surface area (Å²) < 4.78 is 0. The lowest BCUT2D eigenvalue weighted by atomic mass is 9.94. The zero-order valence-corrected chi connectivity index (χ0v) is 12.6. The van der Waals surface area contributed by atoms with Crippen LogP contribution in [0.15, 0.2) is 0 Å². The lowest BCUT2D eigenvalue weighted by Gasteiger charge is -2.37. The average Bonchev–Trinajstić information content (AvgIpc) is 2.40. The molecule has 4 heteroatoms. The zero-order valence-electron chi connectivity index (χ0n) is 12.6. The monoisotopic (exact) mass is 265 g/mol. The highest BCUT2D eigenvalue weighted by Gasteiger charge is 2.28. The van der Waals surface area contributed by atoms with Crippen LogP contribution in [0.3, 0.4) is 0 Å². The summed E-state index contributed by atoms with van der Waals surface area (Å²) in [5, 5.41) is 6.44. The van der Waals surface area contributed by atoms with E-state index in [9.17, 15) is 4.79 Å². The van der Waals surface area contributed by atoms with Gasteiger partial charge in [0.05, 0.1) is 6.54 Å². The van der Waals surface area contributed by atoms with E-state index in [0.29, 0.717) is 18.6 Å². The summed E-state index contributed by atoms with van der Waals surface area (Å²) in [6.07, 6.45) is 7.10. The van der Waals surface area contributed by atoms with Gasteiger partial charge in [-0.3, -0.25) is 9.69 Å². The van der Waals surface area contributed by atoms with E-state index in [1.165, 1.54) is 0 Å². The van der Waals surface area contributed by atoms with Crippen LogP contribution < -0.4 is 10.6 Å². The molecule has 2 atom stereocenters. The SMILES string of the molecule is C#CC(CC)(CC)NC(=O)CN1CC(C)NCC1C. The Kier molecular flexibility index (Phi) is 5.84. The number of nitrogens with one attached hydrogen (secondary N) is 2. The van der Waals surface area contributed by atoms with Gasteiger partial charge in [0, 0.05) is 25.2 Å². The first-order valence-corrected chi connectivity index (χ1v) is 7.22. The third-order valence-electron chi connectivity index (χ3n) is 4.10. The fraction of sp³-hybridized carbons (Fsp3) is 0.800. The van der Waals surface area contributed by atoms with Gasteiger partial charge in [0.2, 0.25) is 5.91 Å². The van der Waals surface area contributed by atoms with E-state index in [1.807, 2.05) is 13.8 Å². The van der Waals surface area contributed by atoms with Crippen molar-refractivity contribution in [3.05, 3.63) is 0 Å². The predicted octanol–water partition coefficient (Wildman–Crippen LogP) is 0.977. The smallest absolute Gasteiger partial charge is 0.235 e. The van der Waals surface area contributed by atoms with Crippen LogP contribution >= 0.6 is 0 Å². The molecule has 0 bridgehead atoms. The van der Waals surface area contributed by atoms with E-state index in [0.717, 1.165) is 25.9 Å². The van der Waals surface area contributed by atoms with E-state index >= 15 is 0 Å². The second-order valence-corrected chi connectivity index (χ2v) is 5.57. The highest BCUT2D eigenvalue weighted by Crippen LogP contribution is 2.14. The van der Waals surface area contributed by atoms with Crippen molar-refractivity contribution < 1.29 is 4.79 Å². The van der Waals surface area contributed by atoms with Crippen LogP contribution in [0.1, 0.15) is 40.5 Å². The molecule has 19 heavy (non-hydrogen) atoms. The molecule has 1 fully saturated rings. The summed E-state index contributed by atoms with van der Waals surface area (Å²) in [5.74, 6) is 2.77. The number of carbonyl (C=O) groups is 1. The summed E-state index contributed by atoms with van der Waals surface area (Å²) in [7, 11) is 0. The molecular weight excluding hydrogens is 238 g/mol. The maximum absolute atomic E-state index is 12.2. The van der Waals surface area contributed by atoms with Crippen molar-refractivity contribution in [2.24, 2.45) is 0 Å². The van der Waals surface area contributed by atoms with Gasteiger partial charge in [-0.15, -0.1) is 6.42 Å². The van der Waals surface area contributed by atoms with Crippen molar-refractivity contribution in [1.82, 2.24) is 15.5 Å². The molecule has 1 aliphatic heterocycles. The Morgan fingerprint density at radius 3 is 2.63 bits per heavy atom. The fourth-order valence-corrected chi connectivity index (χ4v) is 2.48. The molecule has 0 saturated carbocycles. The molecule has 108 valence electrons. The third-order valence-corrected chi connectivity index (χ3v) is 4.10. The van der Waals surface area contributed by atoms with Crippen LogP contribution in [-0.2, 0) is 4.79 Å². The van der Waals surface area contributed by atoms with Crippen LogP contribution in [0.5, 0.6) is 0 Å². The van der Waals surface area contributed by atoms with Gasteiger partial charge in [-0.2, -0.15) is 0 Å². The van der Waals surface area contributed by atoms with Crippen molar-refractivity contribution in [2.45, 2.75) is 58.2 Å². The minimum absolute atomic E-state index is 0.0302. The molecule has 0 aromatic carbocycles. The second kappa shape index (κ2) is 6.93. The minimum Gasteiger partial charge on any atom is -0.339 e. The number of amides is 1. The predicted molar refractivity (Wildman–Crippen MR) is 78.8 cm³/mol. The third kappa shape index (κ3) is 4.22. The number of hydrogen-bond donors (Lipinski definition) is 2. The molecular formula is C15H27N3O. The first kappa shape index (κ1) is 16.0. The van der Waals surface area contributed by atoms with Crippen molar-refractivity contribution in [3.8, 4) is 12.3 Å². The van der Waals surface area contributed by atoms with Gasteiger partial charge in [-0.25, -0.2) is 0 Å². The van der Waals surface area contributed by atoms with Crippen molar-refractivity contribution in [1.29, 1.82) is 0 Å². The normalized spacial score (nSPS) is 24.8. The van der Waals surface area contributed by atoms with Gasteiger partial charge in [0.15, 0.2) is 0 Å². The lowest BCUT2D eigenvalue weighted by molar-refractivity contribution is -0.124. The highest BCUT2D eigenvalue weighted by molar-refractivity contribution is 5.79. The van der Waals surface area contributed by atoms with Crippen LogP contribution in [0.4, 0.5) is 0 Å². The molecule has 0 radical (unpaired) electrons. The standard InChI is InChI=1S/C15H27N3O/c1-6-15(7-2,8-3)17-14(19)11-18-10-12(4)16-9-13(18)5/h1,12-13,16H,7-11H2,2-5H3,(H,17,19). The molecule has 0 aromatic heterocycles. The van der Waals surface area contributed by atoms with Gasteiger partial charge < -0.3 is 10.6 Å². The first-order valence-electron chi connectivity index (χ1n) is 7.22. The van der Waals surface area contributed by atoms with E-state index in [1.54, 1.807) is 0 Å². The van der Waals surface area contributed by atoms with Gasteiger partial charge in [-0.05, 0) is 26.7 Å². The number of terminal acetylenes is 1. The van der Waals surface area contributed by atoms with Crippen LogP contribution in [-0.4, -0.2) is 48.1 Å². The van der Waals surface area contributed by atoms with Crippen LogP contribution in [0.2, 0.25) is 0 Å². The number of piperazine rings is 1. The minimum atomic E-state index is -0.486. The average molecular weight is 265 g/mol. The fourth-order valence-electron chi connectivity index (χ4n) is 2.48. The largest absolute Gasteiger partial charge is 0.339 e. The maximum Gasteiger partial charge on any atom is 0.235 e. The molecule has 1 aliphatic rings. The quantitative estimate of drug-likeness (QED) is 0.728. The maximum atomic E-state index is 12.2. The Bertz CT molecular complexity index is 344. The number of hydrogen-bond acceptors (Lipinski definition) is 3. The topological polar surface area (TPSA) is 44.4 Å². The van der Waals surface area contributed by atoms with Gasteiger partial charge >= 0.3 is 0 Å². The molecule has 1 rings (SSSR count). The molecule has 2 unspecified atom stereocenters. The highest BCUT2D eigenvalue weighted by atomic mass is 16.2. The summed E-state index contributed by atoms with van der Waals surface area (Å²) in [6.45, 7) is 10.6. The van der Waals surface area contributed by atoms with Gasteiger partial charge in [-0.1, -0.05) is 19.8 Å². The van der Waals surface area contributed by atoms with Crippen LogP contribution in [0.25, 0.3) is 0 Å². The number of nitrogens with zero attached hydrogens (tertiary/aromatic N) is 1. The molecule has 1 heterocycles. The summed E-state index contributed by atoms with van der Waals surface area (Å²) in [4.78, 5) is 14.4. The Labute approximate surface area is 117 Å². The molecule has 0 aromatic rings. The van der Waals surface area contributed by atoms with E-state index in [4.69, 9.17) is 6.42 Å². The van der Waals surface area contributed by atoms with Gasteiger partial charge in [0.25, 0.3) is 0 Å². The number of carbonyl (C=O) groups excluding carboxylic acids is 1. The van der Waals surface area contributed by atoms with E-state index < -0.39 is 5.54 Å². The molecule has 1 saturated heterocycles. The molecule has 4 nitrogen and oxygen atoms in total. The molecule has 0 aliphatic carbocycles. The van der Waals surface area contributed by atoms with E-state index in [-0.39, 0.29) is 5.91 Å². The van der Waals surface area contributed by atoms with Crippen LogP contribution in [0, 0.1) is 12.3 Å². The number of rotatable bonds is 5. The zero-order chi connectivity index (χ0) is 14.5. The Morgan fingerprint density at radius 2 is 2.11 bits per heavy atom. The molecule has 0 spiro atoms. The molecule has 1 amide bonds. The first-order chi connectivity index (χ1) is 8.96. The van der Waals surface area contributed by atoms with Crippen molar-refractivity contribution in [3.63, 3.8) is 0 Å². The Morgan fingerprint density at radius 1 is 1.47 bits per heavy atom. The Balaban J connectivity index is 2.57. The summed E-state index contributed by atoms with van der Waals surface area (Å²) in [5.41, 5.74) is -0.486. The lowest BCUT2D eigenvalue weighted by Crippen LogP contribution is -2.58.